The molecular weight excluding hydrogens is 232 g/mol. The average molecular weight is 246 g/mol. The topological polar surface area (TPSA) is 91.7 Å². The Kier molecular flexibility index (Phi) is 5.13. The smallest absolute Gasteiger partial charge is 0.300 e. The van der Waals surface area contributed by atoms with Crippen molar-refractivity contribution >= 4 is 16.1 Å². The number of rotatable bonds is 1. The second kappa shape index (κ2) is 5.62. The molecule has 0 aliphatic rings. The molecule has 0 saturated heterocycles. The first-order chi connectivity index (χ1) is 7.16. The van der Waals surface area contributed by atoms with E-state index in [9.17, 15) is 8.42 Å². The van der Waals surface area contributed by atoms with Gasteiger partial charge in [0.15, 0.2) is 0 Å². The van der Waals surface area contributed by atoms with Gasteiger partial charge in [0, 0.05) is 6.92 Å². The van der Waals surface area contributed by atoms with Crippen molar-refractivity contribution in [3.05, 3.63) is 29.3 Å². The molecule has 1 rings (SSSR count). The van der Waals surface area contributed by atoms with Crippen LogP contribution < -0.4 is 0 Å². The molecule has 0 saturated carbocycles. The van der Waals surface area contributed by atoms with Gasteiger partial charge in [0.05, 0.1) is 4.90 Å². The predicted molar refractivity (Wildman–Crippen MR) is 59.0 cm³/mol. The molecule has 0 aliphatic carbocycles. The van der Waals surface area contributed by atoms with Crippen molar-refractivity contribution in [1.82, 2.24) is 0 Å². The fourth-order valence-electron chi connectivity index (χ4n) is 1.00. The highest BCUT2D eigenvalue weighted by Gasteiger charge is 2.12. The lowest BCUT2D eigenvalue weighted by molar-refractivity contribution is -0.134. The van der Waals surface area contributed by atoms with Crippen molar-refractivity contribution in [2.75, 3.05) is 0 Å². The third kappa shape index (κ3) is 4.90. The van der Waals surface area contributed by atoms with Gasteiger partial charge < -0.3 is 5.11 Å². The first kappa shape index (κ1) is 14.6. The maximum absolute atomic E-state index is 10.8. The number of benzene rings is 1. The Hall–Kier alpha value is -1.40. The summed E-state index contributed by atoms with van der Waals surface area (Å²) in [6.07, 6.45) is 0. The maximum Gasteiger partial charge on any atom is 0.300 e. The lowest BCUT2D eigenvalue weighted by Gasteiger charge is -2.03. The van der Waals surface area contributed by atoms with E-state index < -0.39 is 16.1 Å². The molecule has 0 amide bonds. The summed E-state index contributed by atoms with van der Waals surface area (Å²) in [6, 6.07) is 4.78. The van der Waals surface area contributed by atoms with E-state index in [0.29, 0.717) is 5.56 Å². The summed E-state index contributed by atoms with van der Waals surface area (Å²) in [5.74, 6) is -0.833. The summed E-state index contributed by atoms with van der Waals surface area (Å²) >= 11 is 0. The van der Waals surface area contributed by atoms with E-state index in [1.165, 1.54) is 6.07 Å². The van der Waals surface area contributed by atoms with Crippen molar-refractivity contribution in [3.63, 3.8) is 0 Å². The van der Waals surface area contributed by atoms with Crippen LogP contribution >= 0.6 is 0 Å². The molecule has 1 aromatic carbocycles. The Balaban J connectivity index is 0.000000487. The standard InChI is InChI=1S/C8H10O3S.C2H4O2/c1-6-4-3-5-8(7(6)2)12(9,10)11;1-2(3)4/h3-5H,1-2H3,(H,9,10,11);1H3,(H,3,4). The molecule has 0 heterocycles. The number of hydrogen-bond donors (Lipinski definition) is 2. The summed E-state index contributed by atoms with van der Waals surface area (Å²) in [5, 5.41) is 7.42. The van der Waals surface area contributed by atoms with Crippen LogP contribution in [-0.2, 0) is 14.9 Å². The molecule has 6 heteroatoms. The van der Waals surface area contributed by atoms with Crippen molar-refractivity contribution in [1.29, 1.82) is 0 Å². The van der Waals surface area contributed by atoms with Gasteiger partial charge in [-0.25, -0.2) is 0 Å². The normalized spacial score (nSPS) is 10.2. The van der Waals surface area contributed by atoms with Crippen LogP contribution in [0.15, 0.2) is 23.1 Å². The summed E-state index contributed by atoms with van der Waals surface area (Å²) in [7, 11) is -4.06. The molecular formula is C10H14O5S. The van der Waals surface area contributed by atoms with Gasteiger partial charge in [-0.15, -0.1) is 0 Å². The Morgan fingerprint density at radius 1 is 1.25 bits per heavy atom. The maximum atomic E-state index is 10.8. The zero-order valence-electron chi connectivity index (χ0n) is 9.26. The summed E-state index contributed by atoms with van der Waals surface area (Å²) in [4.78, 5) is 8.99. The van der Waals surface area contributed by atoms with Crippen molar-refractivity contribution in [2.24, 2.45) is 0 Å². The van der Waals surface area contributed by atoms with Crippen LogP contribution in [0.2, 0.25) is 0 Å². The van der Waals surface area contributed by atoms with Crippen LogP contribution in [0.4, 0.5) is 0 Å². The van der Waals surface area contributed by atoms with Crippen LogP contribution in [0.3, 0.4) is 0 Å². The van der Waals surface area contributed by atoms with E-state index in [2.05, 4.69) is 0 Å². The number of carbonyl (C=O) groups is 1. The van der Waals surface area contributed by atoms with E-state index in [1.807, 2.05) is 0 Å². The van der Waals surface area contributed by atoms with Crippen LogP contribution in [-0.4, -0.2) is 24.0 Å². The SMILES string of the molecule is CC(=O)O.Cc1cccc(S(=O)(=O)O)c1C. The molecule has 90 valence electrons. The van der Waals surface area contributed by atoms with Crippen LogP contribution in [0, 0.1) is 13.8 Å². The van der Waals surface area contributed by atoms with Gasteiger partial charge in [0.25, 0.3) is 16.1 Å². The minimum Gasteiger partial charge on any atom is -0.481 e. The van der Waals surface area contributed by atoms with Crippen LogP contribution in [0.5, 0.6) is 0 Å². The van der Waals surface area contributed by atoms with Crippen LogP contribution in [0.25, 0.3) is 0 Å². The molecule has 0 atom stereocenters. The molecule has 0 spiro atoms. The molecule has 16 heavy (non-hydrogen) atoms. The zero-order valence-corrected chi connectivity index (χ0v) is 10.1. The summed E-state index contributed by atoms with van der Waals surface area (Å²) in [6.45, 7) is 4.54. The fourth-order valence-corrected chi connectivity index (χ4v) is 1.80. The molecule has 0 unspecified atom stereocenters. The molecule has 0 fully saturated rings. The minimum atomic E-state index is -4.06. The highest BCUT2D eigenvalue weighted by molar-refractivity contribution is 7.85. The van der Waals surface area contributed by atoms with Crippen molar-refractivity contribution < 1.29 is 22.9 Å². The van der Waals surface area contributed by atoms with Gasteiger partial charge in [0.1, 0.15) is 0 Å². The lowest BCUT2D eigenvalue weighted by Crippen LogP contribution is -2.01. The number of carboxylic acid groups (broad SMARTS) is 1. The van der Waals surface area contributed by atoms with E-state index in [1.54, 1.807) is 26.0 Å². The average Bonchev–Trinajstić information content (AvgIpc) is 2.06. The second-order valence-corrected chi connectivity index (χ2v) is 4.58. The quantitative estimate of drug-likeness (QED) is 0.735. The van der Waals surface area contributed by atoms with Gasteiger partial charge in [-0.3, -0.25) is 9.35 Å². The minimum absolute atomic E-state index is 0.0116. The number of hydrogen-bond acceptors (Lipinski definition) is 3. The molecule has 0 radical (unpaired) electrons. The van der Waals surface area contributed by atoms with E-state index in [-0.39, 0.29) is 4.90 Å². The van der Waals surface area contributed by atoms with Gasteiger partial charge in [0.2, 0.25) is 0 Å². The van der Waals surface area contributed by atoms with Gasteiger partial charge in [-0.1, -0.05) is 12.1 Å². The third-order valence-corrected chi connectivity index (χ3v) is 2.83. The summed E-state index contributed by atoms with van der Waals surface area (Å²) < 4.78 is 30.3. The molecule has 2 N–H and O–H groups in total. The Morgan fingerprint density at radius 3 is 2.00 bits per heavy atom. The predicted octanol–water partition coefficient (Wildman–Crippen LogP) is 1.64. The number of aliphatic carboxylic acids is 1. The Bertz CT molecular complexity index is 472. The van der Waals surface area contributed by atoms with Crippen LogP contribution in [0.1, 0.15) is 18.1 Å². The molecule has 5 nitrogen and oxygen atoms in total. The highest BCUT2D eigenvalue weighted by Crippen LogP contribution is 2.17. The molecule has 0 bridgehead atoms. The first-order valence-electron chi connectivity index (χ1n) is 4.39. The second-order valence-electron chi connectivity index (χ2n) is 3.19. The van der Waals surface area contributed by atoms with E-state index in [4.69, 9.17) is 14.5 Å². The van der Waals surface area contributed by atoms with Crippen molar-refractivity contribution in [3.8, 4) is 0 Å². The lowest BCUT2D eigenvalue weighted by atomic mass is 10.1. The highest BCUT2D eigenvalue weighted by atomic mass is 32.2. The Labute approximate surface area is 94.5 Å². The largest absolute Gasteiger partial charge is 0.481 e. The zero-order chi connectivity index (χ0) is 12.9. The monoisotopic (exact) mass is 246 g/mol. The number of aryl methyl sites for hydroxylation is 1. The Morgan fingerprint density at radius 2 is 1.69 bits per heavy atom. The van der Waals surface area contributed by atoms with Gasteiger partial charge in [-0.05, 0) is 31.0 Å². The van der Waals surface area contributed by atoms with Crippen molar-refractivity contribution in [2.45, 2.75) is 25.7 Å². The van der Waals surface area contributed by atoms with Gasteiger partial charge >= 0.3 is 0 Å². The van der Waals surface area contributed by atoms with E-state index >= 15 is 0 Å². The molecule has 0 aliphatic heterocycles. The summed E-state index contributed by atoms with van der Waals surface area (Å²) in [5.41, 5.74) is 1.45. The molecule has 0 aromatic heterocycles. The third-order valence-electron chi connectivity index (χ3n) is 1.83. The molecule has 1 aromatic rings. The number of carboxylic acids is 1. The van der Waals surface area contributed by atoms with E-state index in [0.717, 1.165) is 12.5 Å². The first-order valence-corrected chi connectivity index (χ1v) is 5.83. The van der Waals surface area contributed by atoms with Gasteiger partial charge in [-0.2, -0.15) is 8.42 Å². The fraction of sp³-hybridized carbons (Fsp3) is 0.300.